The lowest BCUT2D eigenvalue weighted by atomic mass is 10.2. The van der Waals surface area contributed by atoms with E-state index in [1.165, 1.54) is 0 Å². The van der Waals surface area contributed by atoms with Crippen LogP contribution in [-0.2, 0) is 6.54 Å². The zero-order chi connectivity index (χ0) is 12.1. The number of nitrogens with zero attached hydrogens (tertiary/aromatic N) is 2. The molecule has 0 spiro atoms. The van der Waals surface area contributed by atoms with Gasteiger partial charge < -0.3 is 10.4 Å². The van der Waals surface area contributed by atoms with Gasteiger partial charge in [-0.25, -0.2) is 4.98 Å². The van der Waals surface area contributed by atoms with Gasteiger partial charge in [0.1, 0.15) is 17.5 Å². The molecule has 0 aliphatic carbocycles. The Morgan fingerprint density at radius 3 is 2.71 bits per heavy atom. The Morgan fingerprint density at radius 2 is 2.00 bits per heavy atom. The average Bonchev–Trinajstić information content (AvgIpc) is 2.38. The maximum Gasteiger partial charge on any atom is 0.142 e. The van der Waals surface area contributed by atoms with Crippen LogP contribution in [-0.4, -0.2) is 10.1 Å². The summed E-state index contributed by atoms with van der Waals surface area (Å²) in [6, 6.07) is 12.5. The van der Waals surface area contributed by atoms with Crippen LogP contribution in [0.25, 0.3) is 0 Å². The fourth-order valence-electron chi connectivity index (χ4n) is 1.42. The van der Waals surface area contributed by atoms with Gasteiger partial charge in [-0.15, -0.1) is 0 Å². The third-order valence-corrected chi connectivity index (χ3v) is 2.31. The fraction of sp³-hybridized carbons (Fsp3) is 0.0769. The summed E-state index contributed by atoms with van der Waals surface area (Å²) >= 11 is 0. The van der Waals surface area contributed by atoms with Gasteiger partial charge in [0.25, 0.3) is 0 Å². The Morgan fingerprint density at radius 1 is 1.24 bits per heavy atom. The number of aromatic hydroxyl groups is 1. The van der Waals surface area contributed by atoms with E-state index >= 15 is 0 Å². The molecule has 0 amide bonds. The molecular formula is C13H11N3O. The second-order valence-corrected chi connectivity index (χ2v) is 3.56. The van der Waals surface area contributed by atoms with Crippen molar-refractivity contribution in [2.24, 2.45) is 0 Å². The summed E-state index contributed by atoms with van der Waals surface area (Å²) in [4.78, 5) is 3.89. The average molecular weight is 225 g/mol. The molecule has 2 rings (SSSR count). The van der Waals surface area contributed by atoms with Crippen LogP contribution >= 0.6 is 0 Å². The summed E-state index contributed by atoms with van der Waals surface area (Å²) < 4.78 is 0. The highest BCUT2D eigenvalue weighted by Crippen LogP contribution is 2.12. The Kier molecular flexibility index (Phi) is 3.22. The number of pyridine rings is 1. The number of benzene rings is 1. The number of phenols is 1. The van der Waals surface area contributed by atoms with Gasteiger partial charge in [-0.3, -0.25) is 0 Å². The van der Waals surface area contributed by atoms with E-state index < -0.39 is 0 Å². The van der Waals surface area contributed by atoms with Crippen LogP contribution in [0.3, 0.4) is 0 Å². The summed E-state index contributed by atoms with van der Waals surface area (Å²) in [5.41, 5.74) is 2.29. The fourth-order valence-corrected chi connectivity index (χ4v) is 1.42. The predicted octanol–water partition coefficient (Wildman–Crippen LogP) is 2.27. The second kappa shape index (κ2) is 4.99. The second-order valence-electron chi connectivity index (χ2n) is 3.56. The van der Waals surface area contributed by atoms with Crippen LogP contribution in [0.5, 0.6) is 5.75 Å². The Labute approximate surface area is 99.2 Å². The lowest BCUT2D eigenvalue weighted by Crippen LogP contribution is -1.99. The molecular weight excluding hydrogens is 214 g/mol. The van der Waals surface area contributed by atoms with Gasteiger partial charge >= 0.3 is 0 Å². The molecule has 0 unspecified atom stereocenters. The molecule has 0 aliphatic heterocycles. The monoisotopic (exact) mass is 225 g/mol. The van der Waals surface area contributed by atoms with Gasteiger partial charge in [0.2, 0.25) is 0 Å². The molecule has 0 saturated carbocycles. The van der Waals surface area contributed by atoms with Gasteiger partial charge in [0.15, 0.2) is 0 Å². The van der Waals surface area contributed by atoms with Gasteiger partial charge in [-0.2, -0.15) is 5.26 Å². The molecule has 0 aliphatic rings. The lowest BCUT2D eigenvalue weighted by molar-refractivity contribution is 0.475. The van der Waals surface area contributed by atoms with Crippen molar-refractivity contribution < 1.29 is 5.11 Å². The Balaban J connectivity index is 2.02. The summed E-state index contributed by atoms with van der Waals surface area (Å²) in [5.74, 6) is 0.254. The molecule has 1 aromatic heterocycles. The highest BCUT2D eigenvalue weighted by atomic mass is 16.3. The number of rotatable bonds is 3. The van der Waals surface area contributed by atoms with Crippen molar-refractivity contribution in [3.8, 4) is 11.8 Å². The smallest absolute Gasteiger partial charge is 0.142 e. The maximum absolute atomic E-state index is 9.15. The lowest BCUT2D eigenvalue weighted by Gasteiger charge is -2.06. The summed E-state index contributed by atoms with van der Waals surface area (Å²) in [6.45, 7) is 0.634. The number of anilines is 1. The highest BCUT2D eigenvalue weighted by Gasteiger charge is 1.97. The molecule has 2 aromatic rings. The van der Waals surface area contributed by atoms with Crippen LogP contribution in [0.2, 0.25) is 0 Å². The van der Waals surface area contributed by atoms with Gasteiger partial charge in [0.05, 0.1) is 0 Å². The van der Waals surface area contributed by atoms with E-state index in [1.54, 1.807) is 30.5 Å². The topological polar surface area (TPSA) is 68.9 Å². The minimum atomic E-state index is 0.254. The standard InChI is InChI=1S/C13H11N3O/c14-8-12-7-11(5-6-15-12)16-9-10-1-3-13(17)4-2-10/h1-7,17H,9H2,(H,15,16). The number of phenolic OH excluding ortho intramolecular Hbond substituents is 1. The van der Waals surface area contributed by atoms with Crippen molar-refractivity contribution in [1.29, 1.82) is 5.26 Å². The summed E-state index contributed by atoms with van der Waals surface area (Å²) in [5, 5.41) is 21.0. The SMILES string of the molecule is N#Cc1cc(NCc2ccc(O)cc2)ccn1. The normalized spacial score (nSPS) is 9.59. The molecule has 17 heavy (non-hydrogen) atoms. The number of aromatic nitrogens is 1. The zero-order valence-corrected chi connectivity index (χ0v) is 9.09. The minimum absolute atomic E-state index is 0.254. The highest BCUT2D eigenvalue weighted by molar-refractivity contribution is 5.46. The maximum atomic E-state index is 9.15. The van der Waals surface area contributed by atoms with Crippen molar-refractivity contribution in [3.05, 3.63) is 53.9 Å². The third-order valence-electron chi connectivity index (χ3n) is 2.31. The van der Waals surface area contributed by atoms with Gasteiger partial charge in [-0.05, 0) is 29.8 Å². The first-order chi connectivity index (χ1) is 8.28. The molecule has 2 N–H and O–H groups in total. The van der Waals surface area contributed by atoms with Crippen LogP contribution in [0, 0.1) is 11.3 Å². The summed E-state index contributed by atoms with van der Waals surface area (Å²) in [6.07, 6.45) is 1.59. The van der Waals surface area contributed by atoms with E-state index in [9.17, 15) is 0 Å². The molecule has 84 valence electrons. The predicted molar refractivity (Wildman–Crippen MR) is 64.4 cm³/mol. The van der Waals surface area contributed by atoms with Gasteiger partial charge in [0, 0.05) is 18.4 Å². The first-order valence-electron chi connectivity index (χ1n) is 5.16. The van der Waals surface area contributed by atoms with Crippen molar-refractivity contribution in [1.82, 2.24) is 4.98 Å². The molecule has 1 heterocycles. The third kappa shape index (κ3) is 2.95. The number of nitrogens with one attached hydrogen (secondary N) is 1. The van der Waals surface area contributed by atoms with E-state index in [0.717, 1.165) is 11.3 Å². The van der Waals surface area contributed by atoms with Crippen LogP contribution < -0.4 is 5.32 Å². The Hall–Kier alpha value is -2.54. The van der Waals surface area contributed by atoms with Crippen molar-refractivity contribution in [2.45, 2.75) is 6.54 Å². The number of hydrogen-bond acceptors (Lipinski definition) is 4. The first kappa shape index (κ1) is 11.0. The van der Waals surface area contributed by atoms with E-state index in [0.29, 0.717) is 12.2 Å². The number of hydrogen-bond donors (Lipinski definition) is 2. The molecule has 0 radical (unpaired) electrons. The number of nitriles is 1. The van der Waals surface area contributed by atoms with Crippen molar-refractivity contribution in [2.75, 3.05) is 5.32 Å². The largest absolute Gasteiger partial charge is 0.508 e. The first-order valence-corrected chi connectivity index (χ1v) is 5.16. The van der Waals surface area contributed by atoms with E-state index in [2.05, 4.69) is 10.3 Å². The Bertz CT molecular complexity index is 543. The molecule has 0 fully saturated rings. The van der Waals surface area contributed by atoms with Gasteiger partial charge in [-0.1, -0.05) is 12.1 Å². The van der Waals surface area contributed by atoms with E-state index in [4.69, 9.17) is 10.4 Å². The van der Waals surface area contributed by atoms with E-state index in [-0.39, 0.29) is 5.75 Å². The molecule has 1 aromatic carbocycles. The molecule has 0 bridgehead atoms. The van der Waals surface area contributed by atoms with Crippen molar-refractivity contribution >= 4 is 5.69 Å². The van der Waals surface area contributed by atoms with E-state index in [1.807, 2.05) is 18.2 Å². The quantitative estimate of drug-likeness (QED) is 0.840. The molecule has 0 atom stereocenters. The van der Waals surface area contributed by atoms with Crippen LogP contribution in [0.4, 0.5) is 5.69 Å². The minimum Gasteiger partial charge on any atom is -0.508 e. The summed E-state index contributed by atoms with van der Waals surface area (Å²) in [7, 11) is 0. The van der Waals surface area contributed by atoms with Crippen LogP contribution in [0.15, 0.2) is 42.6 Å². The molecule has 4 nitrogen and oxygen atoms in total. The zero-order valence-electron chi connectivity index (χ0n) is 9.09. The van der Waals surface area contributed by atoms with Crippen LogP contribution in [0.1, 0.15) is 11.3 Å². The molecule has 0 saturated heterocycles. The molecule has 4 heteroatoms. The van der Waals surface area contributed by atoms with Crippen molar-refractivity contribution in [3.63, 3.8) is 0 Å².